The second kappa shape index (κ2) is 10.8. The summed E-state index contributed by atoms with van der Waals surface area (Å²) < 4.78 is 10.1. The molecule has 27 heavy (non-hydrogen) atoms. The van der Waals surface area contributed by atoms with Crippen molar-refractivity contribution >= 4 is 12.4 Å². The molecule has 0 aliphatic rings. The lowest BCUT2D eigenvalue weighted by Crippen LogP contribution is -2.20. The van der Waals surface area contributed by atoms with Gasteiger partial charge in [0.05, 0.1) is 27.3 Å². The second-order valence-corrected chi connectivity index (χ2v) is 5.62. The van der Waals surface area contributed by atoms with Gasteiger partial charge in [-0.3, -0.25) is 9.98 Å². The molecule has 0 aliphatic carbocycles. The number of aromatic hydroxyl groups is 2. The van der Waals surface area contributed by atoms with Crippen LogP contribution < -0.4 is 14.8 Å². The van der Waals surface area contributed by atoms with Crippen molar-refractivity contribution in [2.75, 3.05) is 40.4 Å². The molecule has 0 atom stereocenters. The minimum Gasteiger partial charge on any atom is -0.504 e. The Morgan fingerprint density at radius 2 is 1.26 bits per heavy atom. The van der Waals surface area contributed by atoms with Crippen molar-refractivity contribution in [2.45, 2.75) is 0 Å². The zero-order valence-corrected chi connectivity index (χ0v) is 15.6. The van der Waals surface area contributed by atoms with Gasteiger partial charge in [-0.25, -0.2) is 0 Å². The van der Waals surface area contributed by atoms with Crippen LogP contribution in [0.3, 0.4) is 0 Å². The number of aliphatic imine (C=N–C) groups is 2. The standard InChI is InChI=1S/C20H25N3O4/c1-26-17-7-3-5-15(19(17)24)13-22-11-9-21-10-12-23-14-16-6-4-8-18(27-2)20(16)25/h3-8,13-14,21,24-25H,9-12H2,1-2H3. The normalized spacial score (nSPS) is 11.3. The summed E-state index contributed by atoms with van der Waals surface area (Å²) in [6, 6.07) is 10.5. The highest BCUT2D eigenvalue weighted by Gasteiger charge is 2.05. The average molecular weight is 371 g/mol. The zero-order valence-electron chi connectivity index (χ0n) is 15.6. The SMILES string of the molecule is COc1cccc(C=NCCNCCN=Cc2cccc(OC)c2O)c1O. The molecule has 0 radical (unpaired) electrons. The summed E-state index contributed by atoms with van der Waals surface area (Å²) in [5.41, 5.74) is 1.24. The third-order valence-electron chi connectivity index (χ3n) is 3.80. The molecule has 0 amide bonds. The first-order chi connectivity index (χ1) is 13.2. The minimum atomic E-state index is 0.0897. The molecule has 0 bridgehead atoms. The van der Waals surface area contributed by atoms with Gasteiger partial charge in [0.2, 0.25) is 0 Å². The molecule has 0 unspecified atom stereocenters. The molecular formula is C20H25N3O4. The molecule has 0 aromatic heterocycles. The Morgan fingerprint density at radius 1 is 0.815 bits per heavy atom. The van der Waals surface area contributed by atoms with Crippen molar-refractivity contribution in [1.82, 2.24) is 5.32 Å². The number of ether oxygens (including phenoxy) is 2. The molecule has 0 saturated heterocycles. The monoisotopic (exact) mass is 371 g/mol. The molecule has 0 saturated carbocycles. The average Bonchev–Trinajstić information content (AvgIpc) is 2.69. The Bertz CT molecular complexity index is 725. The quantitative estimate of drug-likeness (QED) is 0.440. The lowest BCUT2D eigenvalue weighted by atomic mass is 10.2. The highest BCUT2D eigenvalue weighted by molar-refractivity contribution is 5.85. The maximum atomic E-state index is 9.96. The van der Waals surface area contributed by atoms with E-state index in [-0.39, 0.29) is 11.5 Å². The molecule has 2 aromatic carbocycles. The summed E-state index contributed by atoms with van der Waals surface area (Å²) in [5, 5.41) is 23.2. The predicted octanol–water partition coefficient (Wildman–Crippen LogP) is 2.24. The number of methoxy groups -OCH3 is 2. The second-order valence-electron chi connectivity index (χ2n) is 5.62. The van der Waals surface area contributed by atoms with Gasteiger partial charge >= 0.3 is 0 Å². The first-order valence-electron chi connectivity index (χ1n) is 8.59. The molecule has 3 N–H and O–H groups in total. The number of benzene rings is 2. The minimum absolute atomic E-state index is 0.0897. The van der Waals surface area contributed by atoms with Crippen LogP contribution in [-0.4, -0.2) is 63.0 Å². The van der Waals surface area contributed by atoms with Crippen molar-refractivity contribution in [2.24, 2.45) is 9.98 Å². The third-order valence-corrected chi connectivity index (χ3v) is 3.80. The number of phenolic OH excluding ortho intramolecular Hbond substituents is 2. The first-order valence-corrected chi connectivity index (χ1v) is 8.59. The summed E-state index contributed by atoms with van der Waals surface area (Å²) in [6.07, 6.45) is 3.26. The topological polar surface area (TPSA) is 95.7 Å². The lowest BCUT2D eigenvalue weighted by Gasteiger charge is -2.05. The summed E-state index contributed by atoms with van der Waals surface area (Å²) in [5.74, 6) is 1.03. The van der Waals surface area contributed by atoms with Crippen LogP contribution in [0.5, 0.6) is 23.0 Å². The van der Waals surface area contributed by atoms with E-state index < -0.39 is 0 Å². The molecule has 0 aliphatic heterocycles. The maximum absolute atomic E-state index is 9.96. The van der Waals surface area contributed by atoms with Crippen molar-refractivity contribution in [3.8, 4) is 23.0 Å². The van der Waals surface area contributed by atoms with E-state index in [1.54, 1.807) is 48.8 Å². The smallest absolute Gasteiger partial charge is 0.166 e. The van der Waals surface area contributed by atoms with Crippen LogP contribution in [0.2, 0.25) is 0 Å². The molecule has 144 valence electrons. The van der Waals surface area contributed by atoms with Gasteiger partial charge in [0.1, 0.15) is 0 Å². The number of rotatable bonds is 10. The van der Waals surface area contributed by atoms with E-state index in [4.69, 9.17) is 9.47 Å². The van der Waals surface area contributed by atoms with Crippen LogP contribution in [0.15, 0.2) is 46.4 Å². The van der Waals surface area contributed by atoms with Crippen LogP contribution in [0.1, 0.15) is 11.1 Å². The van der Waals surface area contributed by atoms with Crippen LogP contribution in [-0.2, 0) is 0 Å². The molecule has 0 spiro atoms. The Morgan fingerprint density at radius 3 is 1.67 bits per heavy atom. The molecule has 2 aromatic rings. The van der Waals surface area contributed by atoms with Crippen molar-refractivity contribution < 1.29 is 19.7 Å². The predicted molar refractivity (Wildman–Crippen MR) is 107 cm³/mol. The lowest BCUT2D eigenvalue weighted by molar-refractivity contribution is 0.373. The molecule has 7 heteroatoms. The van der Waals surface area contributed by atoms with E-state index in [2.05, 4.69) is 15.3 Å². The number of hydrogen-bond donors (Lipinski definition) is 3. The molecular weight excluding hydrogens is 346 g/mol. The van der Waals surface area contributed by atoms with Crippen LogP contribution >= 0.6 is 0 Å². The van der Waals surface area contributed by atoms with E-state index in [9.17, 15) is 10.2 Å². The van der Waals surface area contributed by atoms with Crippen LogP contribution in [0, 0.1) is 0 Å². The van der Waals surface area contributed by atoms with Gasteiger partial charge in [-0.2, -0.15) is 0 Å². The third kappa shape index (κ3) is 6.00. The van der Waals surface area contributed by atoms with Gasteiger partial charge in [0.15, 0.2) is 23.0 Å². The molecule has 0 fully saturated rings. The summed E-state index contributed by atoms with van der Waals surface area (Å²) >= 11 is 0. The summed E-state index contributed by atoms with van der Waals surface area (Å²) in [6.45, 7) is 2.55. The van der Waals surface area contributed by atoms with Gasteiger partial charge < -0.3 is 25.0 Å². The number of nitrogens with zero attached hydrogens (tertiary/aromatic N) is 2. The highest BCUT2D eigenvalue weighted by atomic mass is 16.5. The van der Waals surface area contributed by atoms with E-state index in [1.165, 1.54) is 14.2 Å². The fourth-order valence-corrected chi connectivity index (χ4v) is 2.35. The number of nitrogens with one attached hydrogen (secondary N) is 1. The van der Waals surface area contributed by atoms with E-state index in [0.29, 0.717) is 48.8 Å². The van der Waals surface area contributed by atoms with Crippen LogP contribution in [0.4, 0.5) is 0 Å². The molecule has 0 heterocycles. The number of para-hydroxylation sites is 2. The van der Waals surface area contributed by atoms with Crippen molar-refractivity contribution in [3.63, 3.8) is 0 Å². The van der Waals surface area contributed by atoms with E-state index in [1.807, 2.05) is 0 Å². The first kappa shape index (κ1) is 20.3. The summed E-state index contributed by atoms with van der Waals surface area (Å²) in [7, 11) is 3.02. The van der Waals surface area contributed by atoms with Gasteiger partial charge in [-0.1, -0.05) is 12.1 Å². The van der Waals surface area contributed by atoms with E-state index in [0.717, 1.165) is 0 Å². The van der Waals surface area contributed by atoms with Gasteiger partial charge in [-0.05, 0) is 24.3 Å². The number of phenols is 2. The highest BCUT2D eigenvalue weighted by Crippen LogP contribution is 2.28. The van der Waals surface area contributed by atoms with Crippen LogP contribution in [0.25, 0.3) is 0 Å². The van der Waals surface area contributed by atoms with Gasteiger partial charge in [0, 0.05) is 36.6 Å². The molecule has 2 rings (SSSR count). The van der Waals surface area contributed by atoms with E-state index >= 15 is 0 Å². The fourth-order valence-electron chi connectivity index (χ4n) is 2.35. The van der Waals surface area contributed by atoms with Crippen molar-refractivity contribution in [3.05, 3.63) is 47.5 Å². The molecule has 7 nitrogen and oxygen atoms in total. The van der Waals surface area contributed by atoms with Gasteiger partial charge in [-0.15, -0.1) is 0 Å². The summed E-state index contributed by atoms with van der Waals surface area (Å²) in [4.78, 5) is 8.57. The Balaban J connectivity index is 1.68. The zero-order chi connectivity index (χ0) is 19.5. The number of hydrogen-bond acceptors (Lipinski definition) is 7. The largest absolute Gasteiger partial charge is 0.504 e. The Hall–Kier alpha value is -3.06. The Labute approximate surface area is 159 Å². The maximum Gasteiger partial charge on any atom is 0.166 e. The Kier molecular flexibility index (Phi) is 8.12. The van der Waals surface area contributed by atoms with Gasteiger partial charge in [0.25, 0.3) is 0 Å². The van der Waals surface area contributed by atoms with Crippen molar-refractivity contribution in [1.29, 1.82) is 0 Å². The fraction of sp³-hybridized carbons (Fsp3) is 0.300.